The van der Waals surface area contributed by atoms with Crippen molar-refractivity contribution in [3.8, 4) is 0 Å². The number of hydrogen-bond donors (Lipinski definition) is 2. The van der Waals surface area contributed by atoms with Crippen LogP contribution in [0, 0.1) is 5.92 Å². The van der Waals surface area contributed by atoms with Gasteiger partial charge in [-0.3, -0.25) is 4.79 Å². The van der Waals surface area contributed by atoms with Crippen LogP contribution in [0.25, 0.3) is 0 Å². The highest BCUT2D eigenvalue weighted by Crippen LogP contribution is 2.24. The van der Waals surface area contributed by atoms with Crippen molar-refractivity contribution in [3.63, 3.8) is 0 Å². The van der Waals surface area contributed by atoms with E-state index in [9.17, 15) is 4.79 Å². The maximum absolute atomic E-state index is 12.3. The van der Waals surface area contributed by atoms with Crippen molar-refractivity contribution in [2.24, 2.45) is 5.92 Å². The zero-order chi connectivity index (χ0) is 18.2. The van der Waals surface area contributed by atoms with E-state index in [-0.39, 0.29) is 11.8 Å². The molecule has 2 aromatic carbocycles. The predicted molar refractivity (Wildman–Crippen MR) is 107 cm³/mol. The van der Waals surface area contributed by atoms with E-state index < -0.39 is 0 Å². The standard InChI is InChI=1S/C23H30N2O/c1-18(8-7-11-19-9-3-2-4-10-19)23(26)25-17-15-22-21-13-6-5-12-20(21)14-16-24-22/h2-6,9-10,12-13,18,22,24H,7-8,11,14-17H2,1H3,(H,25,26). The van der Waals surface area contributed by atoms with Gasteiger partial charge in [-0.2, -0.15) is 0 Å². The molecule has 0 spiro atoms. The molecule has 1 aliphatic heterocycles. The summed E-state index contributed by atoms with van der Waals surface area (Å²) in [6.45, 7) is 3.79. The van der Waals surface area contributed by atoms with Gasteiger partial charge in [-0.25, -0.2) is 0 Å². The molecule has 0 fully saturated rings. The molecule has 138 valence electrons. The maximum atomic E-state index is 12.3. The molecule has 26 heavy (non-hydrogen) atoms. The number of benzene rings is 2. The van der Waals surface area contributed by atoms with E-state index in [2.05, 4.69) is 59.2 Å². The first-order valence-electron chi connectivity index (χ1n) is 9.87. The molecule has 2 unspecified atom stereocenters. The summed E-state index contributed by atoms with van der Waals surface area (Å²) < 4.78 is 0. The van der Waals surface area contributed by atoms with Gasteiger partial charge in [0.25, 0.3) is 0 Å². The van der Waals surface area contributed by atoms with Crippen LogP contribution in [0.2, 0.25) is 0 Å². The second-order valence-electron chi connectivity index (χ2n) is 7.31. The van der Waals surface area contributed by atoms with Gasteiger partial charge in [0.15, 0.2) is 0 Å². The van der Waals surface area contributed by atoms with Crippen LogP contribution in [0.15, 0.2) is 54.6 Å². The lowest BCUT2D eigenvalue weighted by Gasteiger charge is -2.27. The summed E-state index contributed by atoms with van der Waals surface area (Å²) in [7, 11) is 0. The molecule has 1 heterocycles. The summed E-state index contributed by atoms with van der Waals surface area (Å²) in [5.74, 6) is 0.257. The largest absolute Gasteiger partial charge is 0.356 e. The van der Waals surface area contributed by atoms with Gasteiger partial charge in [-0.05, 0) is 55.3 Å². The first-order chi connectivity index (χ1) is 12.7. The van der Waals surface area contributed by atoms with Gasteiger partial charge in [-0.1, -0.05) is 61.5 Å². The van der Waals surface area contributed by atoms with Crippen LogP contribution in [0.4, 0.5) is 0 Å². The van der Waals surface area contributed by atoms with Crippen molar-refractivity contribution in [2.75, 3.05) is 13.1 Å². The van der Waals surface area contributed by atoms with Crippen molar-refractivity contribution in [1.82, 2.24) is 10.6 Å². The Bertz CT molecular complexity index is 698. The third kappa shape index (κ3) is 5.18. The minimum atomic E-state index is 0.0744. The molecule has 0 radical (unpaired) electrons. The molecule has 0 bridgehead atoms. The SMILES string of the molecule is CC(CCCc1ccccc1)C(=O)NCCC1NCCc2ccccc21. The normalized spacial score (nSPS) is 17.3. The summed E-state index contributed by atoms with van der Waals surface area (Å²) in [6, 6.07) is 19.5. The summed E-state index contributed by atoms with van der Waals surface area (Å²) in [5, 5.41) is 6.71. The van der Waals surface area contributed by atoms with Crippen molar-refractivity contribution in [2.45, 2.75) is 45.1 Å². The minimum Gasteiger partial charge on any atom is -0.356 e. The summed E-state index contributed by atoms with van der Waals surface area (Å²) in [5.41, 5.74) is 4.18. The van der Waals surface area contributed by atoms with Crippen molar-refractivity contribution >= 4 is 5.91 Å². The van der Waals surface area contributed by atoms with Crippen molar-refractivity contribution in [3.05, 3.63) is 71.3 Å². The average molecular weight is 351 g/mol. The Morgan fingerprint density at radius 2 is 1.92 bits per heavy atom. The third-order valence-corrected chi connectivity index (χ3v) is 5.34. The Kier molecular flexibility index (Phi) is 6.84. The maximum Gasteiger partial charge on any atom is 0.222 e. The number of carbonyl (C=O) groups excluding carboxylic acids is 1. The molecule has 0 saturated carbocycles. The van der Waals surface area contributed by atoms with Crippen LogP contribution < -0.4 is 10.6 Å². The molecule has 2 aromatic rings. The van der Waals surface area contributed by atoms with Crippen LogP contribution in [0.1, 0.15) is 48.9 Å². The number of carbonyl (C=O) groups is 1. The van der Waals surface area contributed by atoms with Gasteiger partial charge in [0.2, 0.25) is 5.91 Å². The van der Waals surface area contributed by atoms with Gasteiger partial charge >= 0.3 is 0 Å². The highest BCUT2D eigenvalue weighted by molar-refractivity contribution is 5.78. The van der Waals surface area contributed by atoms with E-state index in [1.807, 2.05) is 13.0 Å². The fourth-order valence-electron chi connectivity index (χ4n) is 3.75. The second kappa shape index (κ2) is 9.54. The van der Waals surface area contributed by atoms with Gasteiger partial charge in [0.05, 0.1) is 0 Å². The smallest absolute Gasteiger partial charge is 0.222 e. The Hall–Kier alpha value is -2.13. The fourth-order valence-corrected chi connectivity index (χ4v) is 3.75. The molecule has 1 aliphatic rings. The zero-order valence-electron chi connectivity index (χ0n) is 15.7. The molecular weight excluding hydrogens is 320 g/mol. The van der Waals surface area contributed by atoms with E-state index >= 15 is 0 Å². The van der Waals surface area contributed by atoms with Crippen molar-refractivity contribution < 1.29 is 4.79 Å². The third-order valence-electron chi connectivity index (χ3n) is 5.34. The van der Waals surface area contributed by atoms with Gasteiger partial charge in [-0.15, -0.1) is 0 Å². The summed E-state index contributed by atoms with van der Waals surface area (Å²) in [6.07, 6.45) is 5.07. The van der Waals surface area contributed by atoms with Crippen LogP contribution in [-0.2, 0) is 17.6 Å². The number of aryl methyl sites for hydroxylation is 1. The highest BCUT2D eigenvalue weighted by Gasteiger charge is 2.19. The fraction of sp³-hybridized carbons (Fsp3) is 0.435. The summed E-state index contributed by atoms with van der Waals surface area (Å²) >= 11 is 0. The second-order valence-corrected chi connectivity index (χ2v) is 7.31. The topological polar surface area (TPSA) is 41.1 Å². The van der Waals surface area contributed by atoms with E-state index in [0.717, 1.165) is 45.2 Å². The molecule has 2 atom stereocenters. The first-order valence-corrected chi connectivity index (χ1v) is 9.87. The molecule has 3 heteroatoms. The molecular formula is C23H30N2O. The lowest BCUT2D eigenvalue weighted by atomic mass is 9.92. The number of amides is 1. The number of nitrogens with one attached hydrogen (secondary N) is 2. The van der Waals surface area contributed by atoms with E-state index in [4.69, 9.17) is 0 Å². The van der Waals surface area contributed by atoms with Crippen LogP contribution in [0.3, 0.4) is 0 Å². The van der Waals surface area contributed by atoms with E-state index in [1.165, 1.54) is 16.7 Å². The van der Waals surface area contributed by atoms with Gasteiger partial charge in [0.1, 0.15) is 0 Å². The number of hydrogen-bond acceptors (Lipinski definition) is 2. The Morgan fingerprint density at radius 1 is 1.15 bits per heavy atom. The number of rotatable bonds is 8. The molecule has 0 saturated heterocycles. The van der Waals surface area contributed by atoms with Crippen LogP contribution in [-0.4, -0.2) is 19.0 Å². The monoisotopic (exact) mass is 350 g/mol. The quantitative estimate of drug-likeness (QED) is 0.754. The minimum absolute atomic E-state index is 0.0744. The molecule has 3 rings (SSSR count). The van der Waals surface area contributed by atoms with E-state index in [1.54, 1.807) is 0 Å². The Labute approximate surface area is 157 Å². The molecule has 0 aliphatic carbocycles. The number of fused-ring (bicyclic) bond motifs is 1. The highest BCUT2D eigenvalue weighted by atomic mass is 16.1. The molecule has 1 amide bonds. The predicted octanol–water partition coefficient (Wildman–Crippen LogP) is 4.04. The first kappa shape index (κ1) is 18.7. The molecule has 2 N–H and O–H groups in total. The zero-order valence-corrected chi connectivity index (χ0v) is 15.7. The van der Waals surface area contributed by atoms with Gasteiger partial charge in [0, 0.05) is 18.5 Å². The van der Waals surface area contributed by atoms with Gasteiger partial charge < -0.3 is 10.6 Å². The lowest BCUT2D eigenvalue weighted by molar-refractivity contribution is -0.124. The summed E-state index contributed by atoms with van der Waals surface area (Å²) in [4.78, 5) is 12.3. The lowest BCUT2D eigenvalue weighted by Crippen LogP contribution is -2.35. The van der Waals surface area contributed by atoms with Crippen molar-refractivity contribution in [1.29, 1.82) is 0 Å². The Morgan fingerprint density at radius 3 is 2.77 bits per heavy atom. The molecule has 3 nitrogen and oxygen atoms in total. The Balaban J connectivity index is 1.37. The average Bonchev–Trinajstić information content (AvgIpc) is 2.69. The van der Waals surface area contributed by atoms with E-state index in [0.29, 0.717) is 6.04 Å². The van der Waals surface area contributed by atoms with Crippen LogP contribution in [0.5, 0.6) is 0 Å². The molecule has 0 aromatic heterocycles. The van der Waals surface area contributed by atoms with Crippen LogP contribution >= 0.6 is 0 Å².